The van der Waals surface area contributed by atoms with Crippen LogP contribution < -0.4 is 11.5 Å². The zero-order valence-electron chi connectivity index (χ0n) is 8.93. The molecule has 0 saturated carbocycles. The molecule has 1 aromatic rings. The Kier molecular flexibility index (Phi) is 3.79. The van der Waals surface area contributed by atoms with Crippen LogP contribution in [0, 0.1) is 5.92 Å². The van der Waals surface area contributed by atoms with E-state index in [1.165, 1.54) is 0 Å². The second-order valence-electron chi connectivity index (χ2n) is 3.42. The SMILES string of the molecule is CCC(CC)C(N)c1noc(C(N)=O)n1. The number of hydrogen-bond donors (Lipinski definition) is 2. The van der Waals surface area contributed by atoms with Crippen LogP contribution in [0.3, 0.4) is 0 Å². The molecule has 0 bridgehead atoms. The summed E-state index contributed by atoms with van der Waals surface area (Å²) in [5.74, 6) is -0.294. The largest absolute Gasteiger partial charge is 0.361 e. The topological polar surface area (TPSA) is 108 Å². The maximum atomic E-state index is 10.7. The van der Waals surface area contributed by atoms with Crippen molar-refractivity contribution in [3.8, 4) is 0 Å². The molecule has 0 spiro atoms. The maximum absolute atomic E-state index is 10.7. The molecule has 15 heavy (non-hydrogen) atoms. The molecule has 0 aromatic carbocycles. The second-order valence-corrected chi connectivity index (χ2v) is 3.42. The summed E-state index contributed by atoms with van der Waals surface area (Å²) in [5.41, 5.74) is 10.9. The molecule has 0 saturated heterocycles. The Bertz CT molecular complexity index is 333. The Hall–Kier alpha value is -1.43. The first kappa shape index (κ1) is 11.6. The Labute approximate surface area is 88.0 Å². The summed E-state index contributed by atoms with van der Waals surface area (Å²) in [6.45, 7) is 4.09. The maximum Gasteiger partial charge on any atom is 0.315 e. The molecular formula is C9H16N4O2. The van der Waals surface area contributed by atoms with E-state index in [1.54, 1.807) is 0 Å². The third-order valence-electron chi connectivity index (χ3n) is 2.51. The van der Waals surface area contributed by atoms with Gasteiger partial charge in [-0.15, -0.1) is 0 Å². The summed E-state index contributed by atoms with van der Waals surface area (Å²) < 4.78 is 4.67. The summed E-state index contributed by atoms with van der Waals surface area (Å²) in [4.78, 5) is 14.6. The van der Waals surface area contributed by atoms with Gasteiger partial charge in [0.15, 0.2) is 5.82 Å². The minimum Gasteiger partial charge on any atom is -0.361 e. The van der Waals surface area contributed by atoms with E-state index in [2.05, 4.69) is 14.7 Å². The van der Waals surface area contributed by atoms with E-state index in [0.717, 1.165) is 12.8 Å². The van der Waals surface area contributed by atoms with Crippen molar-refractivity contribution < 1.29 is 9.32 Å². The van der Waals surface area contributed by atoms with Crippen LogP contribution in [-0.4, -0.2) is 16.0 Å². The molecule has 1 aromatic heterocycles. The van der Waals surface area contributed by atoms with Gasteiger partial charge < -0.3 is 16.0 Å². The highest BCUT2D eigenvalue weighted by Crippen LogP contribution is 2.22. The normalized spacial score (nSPS) is 13.1. The zero-order chi connectivity index (χ0) is 11.4. The standard InChI is InChI=1S/C9H16N4O2/c1-3-5(4-2)6(10)8-12-9(7(11)14)15-13-8/h5-6H,3-4,10H2,1-2H3,(H2,11,14). The second kappa shape index (κ2) is 4.88. The first-order valence-corrected chi connectivity index (χ1v) is 4.99. The number of aromatic nitrogens is 2. The molecule has 1 unspecified atom stereocenters. The zero-order valence-corrected chi connectivity index (χ0v) is 8.93. The summed E-state index contributed by atoms with van der Waals surface area (Å²) in [6.07, 6.45) is 1.86. The Morgan fingerprint density at radius 3 is 2.47 bits per heavy atom. The van der Waals surface area contributed by atoms with Crippen molar-refractivity contribution >= 4 is 5.91 Å². The molecule has 6 nitrogen and oxygen atoms in total. The summed E-state index contributed by atoms with van der Waals surface area (Å²) in [5, 5.41) is 3.64. The van der Waals surface area contributed by atoms with E-state index >= 15 is 0 Å². The monoisotopic (exact) mass is 212 g/mol. The number of nitrogens with zero attached hydrogens (tertiary/aromatic N) is 2. The molecule has 1 atom stereocenters. The minimum absolute atomic E-state index is 0.189. The fourth-order valence-electron chi connectivity index (χ4n) is 1.48. The Morgan fingerprint density at radius 2 is 2.07 bits per heavy atom. The third kappa shape index (κ3) is 2.53. The van der Waals surface area contributed by atoms with E-state index in [1.807, 2.05) is 13.8 Å². The van der Waals surface area contributed by atoms with Crippen molar-refractivity contribution in [3.63, 3.8) is 0 Å². The van der Waals surface area contributed by atoms with E-state index in [9.17, 15) is 4.79 Å². The van der Waals surface area contributed by atoms with E-state index in [0.29, 0.717) is 5.82 Å². The first-order chi connectivity index (χ1) is 7.10. The van der Waals surface area contributed by atoms with Gasteiger partial charge in [0.05, 0.1) is 6.04 Å². The van der Waals surface area contributed by atoms with Crippen molar-refractivity contribution in [2.45, 2.75) is 32.7 Å². The molecule has 0 aliphatic carbocycles. The summed E-state index contributed by atoms with van der Waals surface area (Å²) in [6, 6.07) is -0.308. The fourth-order valence-corrected chi connectivity index (χ4v) is 1.48. The fraction of sp³-hybridized carbons (Fsp3) is 0.667. The lowest BCUT2D eigenvalue weighted by Gasteiger charge is -2.17. The lowest BCUT2D eigenvalue weighted by Crippen LogP contribution is -2.22. The van der Waals surface area contributed by atoms with E-state index < -0.39 is 5.91 Å². The molecule has 0 fully saturated rings. The van der Waals surface area contributed by atoms with Gasteiger partial charge in [-0.2, -0.15) is 4.98 Å². The van der Waals surface area contributed by atoms with Crippen LogP contribution in [0.4, 0.5) is 0 Å². The van der Waals surface area contributed by atoms with Gasteiger partial charge in [-0.1, -0.05) is 31.8 Å². The van der Waals surface area contributed by atoms with Gasteiger partial charge in [-0.25, -0.2) is 0 Å². The predicted octanol–water partition coefficient (Wildman–Crippen LogP) is 0.605. The number of primary amides is 1. The van der Waals surface area contributed by atoms with E-state index in [-0.39, 0.29) is 17.9 Å². The number of rotatable bonds is 5. The molecule has 4 N–H and O–H groups in total. The van der Waals surface area contributed by atoms with Crippen LogP contribution in [0.15, 0.2) is 4.52 Å². The molecule has 1 amide bonds. The molecule has 6 heteroatoms. The highest BCUT2D eigenvalue weighted by atomic mass is 16.5. The highest BCUT2D eigenvalue weighted by molar-refractivity contribution is 5.87. The van der Waals surface area contributed by atoms with Crippen LogP contribution in [0.2, 0.25) is 0 Å². The molecular weight excluding hydrogens is 196 g/mol. The quantitative estimate of drug-likeness (QED) is 0.743. The number of nitrogens with two attached hydrogens (primary N) is 2. The van der Waals surface area contributed by atoms with Crippen LogP contribution in [0.25, 0.3) is 0 Å². The smallest absolute Gasteiger partial charge is 0.315 e. The molecule has 1 heterocycles. The molecule has 0 aliphatic heterocycles. The van der Waals surface area contributed by atoms with Crippen molar-refractivity contribution in [2.24, 2.45) is 17.4 Å². The Balaban J connectivity index is 2.81. The average molecular weight is 212 g/mol. The van der Waals surface area contributed by atoms with Gasteiger partial charge in [-0.05, 0) is 5.92 Å². The van der Waals surface area contributed by atoms with Crippen LogP contribution >= 0.6 is 0 Å². The van der Waals surface area contributed by atoms with Crippen LogP contribution in [-0.2, 0) is 0 Å². The number of carbonyl (C=O) groups is 1. The number of amides is 1. The summed E-state index contributed by atoms with van der Waals surface area (Å²) in [7, 11) is 0. The lowest BCUT2D eigenvalue weighted by atomic mass is 9.94. The highest BCUT2D eigenvalue weighted by Gasteiger charge is 2.22. The third-order valence-corrected chi connectivity index (χ3v) is 2.51. The van der Waals surface area contributed by atoms with E-state index in [4.69, 9.17) is 11.5 Å². The van der Waals surface area contributed by atoms with Crippen molar-refractivity contribution in [1.29, 1.82) is 0 Å². The van der Waals surface area contributed by atoms with Gasteiger partial charge in [0, 0.05) is 0 Å². The van der Waals surface area contributed by atoms with Crippen molar-refractivity contribution in [3.05, 3.63) is 11.7 Å². The molecule has 0 aliphatic rings. The molecule has 0 radical (unpaired) electrons. The average Bonchev–Trinajstić information content (AvgIpc) is 2.68. The number of hydrogen-bond acceptors (Lipinski definition) is 5. The van der Waals surface area contributed by atoms with Gasteiger partial charge in [0.25, 0.3) is 0 Å². The van der Waals surface area contributed by atoms with Crippen LogP contribution in [0.1, 0.15) is 49.2 Å². The van der Waals surface area contributed by atoms with Crippen molar-refractivity contribution in [1.82, 2.24) is 10.1 Å². The predicted molar refractivity (Wildman–Crippen MR) is 53.8 cm³/mol. The van der Waals surface area contributed by atoms with Crippen molar-refractivity contribution in [2.75, 3.05) is 0 Å². The number of carbonyl (C=O) groups excluding carboxylic acids is 1. The molecule has 84 valence electrons. The van der Waals surface area contributed by atoms with Gasteiger partial charge in [0.1, 0.15) is 0 Å². The van der Waals surface area contributed by atoms with Gasteiger partial charge in [0.2, 0.25) is 0 Å². The minimum atomic E-state index is -0.731. The summed E-state index contributed by atoms with van der Waals surface area (Å²) >= 11 is 0. The first-order valence-electron chi connectivity index (χ1n) is 4.99. The van der Waals surface area contributed by atoms with Gasteiger partial charge >= 0.3 is 11.8 Å². The van der Waals surface area contributed by atoms with Crippen LogP contribution in [0.5, 0.6) is 0 Å². The molecule has 1 rings (SSSR count). The lowest BCUT2D eigenvalue weighted by molar-refractivity contribution is 0.0958. The van der Waals surface area contributed by atoms with Gasteiger partial charge in [-0.3, -0.25) is 4.79 Å². The Morgan fingerprint density at radius 1 is 1.47 bits per heavy atom.